The van der Waals surface area contributed by atoms with Gasteiger partial charge in [-0.25, -0.2) is 9.37 Å². The number of carbonyl (C=O) groups excluding carboxylic acids is 1. The van der Waals surface area contributed by atoms with Crippen molar-refractivity contribution in [1.82, 2.24) is 34.5 Å². The Balaban J connectivity index is 1.43. The Labute approximate surface area is 198 Å². The van der Waals surface area contributed by atoms with Crippen molar-refractivity contribution >= 4 is 22.8 Å². The molecule has 180 valence electrons. The highest BCUT2D eigenvalue weighted by Crippen LogP contribution is 2.68. The maximum absolute atomic E-state index is 14.0. The minimum Gasteiger partial charge on any atom is -0.389 e. The third-order valence-electron chi connectivity index (χ3n) is 7.46. The molecule has 5 atom stereocenters. The second-order valence-corrected chi connectivity index (χ2v) is 9.29. The van der Waals surface area contributed by atoms with Gasteiger partial charge in [0.25, 0.3) is 5.95 Å². The molecule has 12 heteroatoms. The Morgan fingerprint density at radius 3 is 2.77 bits per heavy atom. The summed E-state index contributed by atoms with van der Waals surface area (Å²) in [7, 11) is 1.70. The molecule has 2 aliphatic carbocycles. The van der Waals surface area contributed by atoms with Crippen molar-refractivity contribution in [3.05, 3.63) is 42.1 Å². The molecule has 4 aromatic rings. The SMILES string of the molecule is CNc1nc(-n2cc(-c3ccc(C)c(F)c3)nn2)nc2c1ncn2[C@@H]1C2C[C@]2(C(C)=O)C(O)[C@H]1O. The van der Waals surface area contributed by atoms with Gasteiger partial charge in [-0.15, -0.1) is 5.10 Å². The number of benzene rings is 1. The fraction of sp³-hybridized carbons (Fsp3) is 0.391. The Kier molecular flexibility index (Phi) is 4.57. The van der Waals surface area contributed by atoms with E-state index in [1.54, 1.807) is 43.2 Å². The highest BCUT2D eigenvalue weighted by molar-refractivity contribution is 5.88. The second-order valence-electron chi connectivity index (χ2n) is 9.29. The number of hydrogen-bond acceptors (Lipinski definition) is 9. The van der Waals surface area contributed by atoms with Gasteiger partial charge in [0, 0.05) is 12.6 Å². The minimum atomic E-state index is -1.15. The number of aliphatic hydroxyl groups excluding tert-OH is 2. The highest BCUT2D eigenvalue weighted by Gasteiger charge is 2.74. The van der Waals surface area contributed by atoms with Crippen LogP contribution in [0.5, 0.6) is 0 Å². The lowest BCUT2D eigenvalue weighted by Crippen LogP contribution is -2.36. The lowest BCUT2D eigenvalue weighted by Gasteiger charge is -2.23. The third kappa shape index (κ3) is 2.96. The number of nitrogens with zero attached hydrogens (tertiary/aromatic N) is 7. The fourth-order valence-electron chi connectivity index (χ4n) is 5.42. The van der Waals surface area contributed by atoms with E-state index < -0.39 is 23.7 Å². The summed E-state index contributed by atoms with van der Waals surface area (Å²) in [5, 5.41) is 32.7. The van der Waals surface area contributed by atoms with Crippen LogP contribution in [0.3, 0.4) is 0 Å². The van der Waals surface area contributed by atoms with Gasteiger partial charge in [0.2, 0.25) is 0 Å². The predicted octanol–water partition coefficient (Wildman–Crippen LogP) is 1.44. The molecule has 2 fully saturated rings. The van der Waals surface area contributed by atoms with Crippen LogP contribution in [0.1, 0.15) is 24.9 Å². The van der Waals surface area contributed by atoms with E-state index in [-0.39, 0.29) is 23.5 Å². The standard InChI is InChI=1S/C23H23FN8O3/c1-10-4-5-12(6-14(10)24)15-8-32(30-29-15)22-27-20(25-3)16-21(28-22)31(9-26-16)17-13-7-23(13,11(2)33)19(35)18(17)34/h4-6,8-9,13,17-19,34-35H,7H2,1-3H3,(H,25,27,28)/t13?,17-,18+,19?,23-/m1/s1. The summed E-state index contributed by atoms with van der Waals surface area (Å²) < 4.78 is 17.1. The average molecular weight is 478 g/mol. The zero-order valence-electron chi connectivity index (χ0n) is 19.2. The topological polar surface area (TPSA) is 144 Å². The molecular formula is C23H23FN8O3. The van der Waals surface area contributed by atoms with E-state index in [0.717, 1.165) is 0 Å². The van der Waals surface area contributed by atoms with Crippen LogP contribution in [0.15, 0.2) is 30.7 Å². The molecule has 3 aromatic heterocycles. The van der Waals surface area contributed by atoms with E-state index in [1.165, 1.54) is 17.7 Å². The van der Waals surface area contributed by atoms with Crippen LogP contribution in [0.25, 0.3) is 28.4 Å². The van der Waals surface area contributed by atoms with Crippen LogP contribution < -0.4 is 5.32 Å². The summed E-state index contributed by atoms with van der Waals surface area (Å²) in [4.78, 5) is 25.8. The molecule has 3 heterocycles. The van der Waals surface area contributed by atoms with Crippen LogP contribution in [-0.4, -0.2) is 69.8 Å². The number of carbonyl (C=O) groups is 1. The van der Waals surface area contributed by atoms with E-state index in [9.17, 15) is 19.4 Å². The number of aryl methyl sites for hydroxylation is 1. The Bertz CT molecular complexity index is 1500. The number of hydrogen-bond donors (Lipinski definition) is 3. The zero-order chi connectivity index (χ0) is 24.6. The number of aromatic nitrogens is 7. The van der Waals surface area contributed by atoms with Gasteiger partial charge < -0.3 is 20.1 Å². The second kappa shape index (κ2) is 7.36. The van der Waals surface area contributed by atoms with Crippen LogP contribution in [0.4, 0.5) is 10.2 Å². The number of nitrogens with one attached hydrogen (secondary N) is 1. The Morgan fingerprint density at radius 1 is 1.29 bits per heavy atom. The minimum absolute atomic E-state index is 0.130. The number of imidazole rings is 1. The van der Waals surface area contributed by atoms with E-state index in [1.807, 2.05) is 0 Å². The van der Waals surface area contributed by atoms with Crippen LogP contribution in [0.2, 0.25) is 0 Å². The van der Waals surface area contributed by atoms with Crippen molar-refractivity contribution in [1.29, 1.82) is 0 Å². The number of ketones is 1. The number of aliphatic hydroxyl groups is 2. The molecule has 35 heavy (non-hydrogen) atoms. The number of fused-ring (bicyclic) bond motifs is 2. The maximum atomic E-state index is 14.0. The summed E-state index contributed by atoms with van der Waals surface area (Å²) in [6, 6.07) is 4.26. The van der Waals surface area contributed by atoms with E-state index in [4.69, 9.17) is 0 Å². The first-order chi connectivity index (χ1) is 16.8. The van der Waals surface area contributed by atoms with Crippen LogP contribution >= 0.6 is 0 Å². The van der Waals surface area contributed by atoms with E-state index >= 15 is 0 Å². The molecule has 6 rings (SSSR count). The Morgan fingerprint density at radius 2 is 2.09 bits per heavy atom. The van der Waals surface area contributed by atoms with Crippen molar-refractivity contribution in [2.45, 2.75) is 38.5 Å². The van der Waals surface area contributed by atoms with Crippen molar-refractivity contribution in [3.8, 4) is 17.2 Å². The van der Waals surface area contributed by atoms with Crippen LogP contribution in [0, 0.1) is 24.1 Å². The maximum Gasteiger partial charge on any atom is 0.256 e. The predicted molar refractivity (Wildman–Crippen MR) is 122 cm³/mol. The Hall–Kier alpha value is -3.77. The third-order valence-corrected chi connectivity index (χ3v) is 7.46. The molecule has 2 saturated carbocycles. The zero-order valence-corrected chi connectivity index (χ0v) is 19.2. The number of anilines is 1. The largest absolute Gasteiger partial charge is 0.389 e. The first-order valence-corrected chi connectivity index (χ1v) is 11.2. The lowest BCUT2D eigenvalue weighted by atomic mass is 9.95. The summed E-state index contributed by atoms with van der Waals surface area (Å²) in [6.07, 6.45) is 1.36. The molecular weight excluding hydrogens is 455 g/mol. The van der Waals surface area contributed by atoms with Gasteiger partial charge in [-0.2, -0.15) is 14.6 Å². The molecule has 3 N–H and O–H groups in total. The molecule has 0 saturated heterocycles. The molecule has 11 nitrogen and oxygen atoms in total. The smallest absolute Gasteiger partial charge is 0.256 e. The van der Waals surface area contributed by atoms with Gasteiger partial charge in [-0.1, -0.05) is 17.3 Å². The first kappa shape index (κ1) is 21.7. The van der Waals surface area contributed by atoms with Crippen molar-refractivity contribution in [3.63, 3.8) is 0 Å². The summed E-state index contributed by atoms with van der Waals surface area (Å²) >= 11 is 0. The lowest BCUT2D eigenvalue weighted by molar-refractivity contribution is -0.128. The quantitative estimate of drug-likeness (QED) is 0.388. The molecule has 2 unspecified atom stereocenters. The van der Waals surface area contributed by atoms with Gasteiger partial charge in [0.05, 0.1) is 30.1 Å². The number of rotatable bonds is 5. The fourth-order valence-corrected chi connectivity index (χ4v) is 5.42. The summed E-state index contributed by atoms with van der Waals surface area (Å²) in [5.74, 6) is -0.0568. The molecule has 0 spiro atoms. The number of Topliss-reactive ketones (excluding diaryl/α,β-unsaturated/α-hetero) is 1. The summed E-state index contributed by atoms with van der Waals surface area (Å²) in [6.45, 7) is 3.13. The van der Waals surface area contributed by atoms with Gasteiger partial charge in [-0.3, -0.25) is 4.79 Å². The van der Waals surface area contributed by atoms with Crippen molar-refractivity contribution < 1.29 is 19.4 Å². The van der Waals surface area contributed by atoms with Gasteiger partial charge in [-0.05, 0) is 37.8 Å². The molecule has 1 aromatic carbocycles. The monoisotopic (exact) mass is 478 g/mol. The van der Waals surface area contributed by atoms with Gasteiger partial charge in [0.15, 0.2) is 17.0 Å². The molecule has 0 amide bonds. The van der Waals surface area contributed by atoms with Gasteiger partial charge >= 0.3 is 0 Å². The van der Waals surface area contributed by atoms with E-state index in [2.05, 4.69) is 30.6 Å². The molecule has 0 radical (unpaired) electrons. The first-order valence-electron chi connectivity index (χ1n) is 11.2. The number of halogens is 1. The highest BCUT2D eigenvalue weighted by atomic mass is 19.1. The van der Waals surface area contributed by atoms with E-state index in [0.29, 0.717) is 40.2 Å². The normalized spacial score (nSPS) is 27.3. The molecule has 2 aliphatic rings. The molecule has 0 aliphatic heterocycles. The van der Waals surface area contributed by atoms with Crippen molar-refractivity contribution in [2.75, 3.05) is 12.4 Å². The molecule has 0 bridgehead atoms. The van der Waals surface area contributed by atoms with Gasteiger partial charge in [0.1, 0.15) is 23.4 Å². The van der Waals surface area contributed by atoms with Crippen LogP contribution in [-0.2, 0) is 4.79 Å². The average Bonchev–Trinajstić information content (AvgIpc) is 3.11. The summed E-state index contributed by atoms with van der Waals surface area (Å²) in [5.41, 5.74) is 1.51. The van der Waals surface area contributed by atoms with Crippen molar-refractivity contribution in [2.24, 2.45) is 11.3 Å².